The van der Waals surface area contributed by atoms with Crippen molar-refractivity contribution in [2.45, 2.75) is 51.1 Å². The van der Waals surface area contributed by atoms with E-state index in [0.717, 1.165) is 34.6 Å². The number of carbonyl (C=O) groups is 1. The number of hydrogen-bond acceptors (Lipinski definition) is 4. The van der Waals surface area contributed by atoms with Gasteiger partial charge in [0.05, 0.1) is 11.3 Å². The fourth-order valence-corrected chi connectivity index (χ4v) is 2.97. The first-order chi connectivity index (χ1) is 10.4. The van der Waals surface area contributed by atoms with Gasteiger partial charge in [0, 0.05) is 17.3 Å². The molecule has 0 unspecified atom stereocenters. The average molecular weight is 317 g/mol. The lowest BCUT2D eigenvalue weighted by atomic mass is 10.1. The Balaban J connectivity index is 2.20. The van der Waals surface area contributed by atoms with E-state index in [0.29, 0.717) is 5.75 Å². The molecular weight excluding hydrogens is 294 g/mol. The van der Waals surface area contributed by atoms with Gasteiger partial charge in [0.2, 0.25) is 5.91 Å². The van der Waals surface area contributed by atoms with Crippen molar-refractivity contribution < 1.29 is 4.79 Å². The van der Waals surface area contributed by atoms with Crippen LogP contribution in [0, 0.1) is 0 Å². The summed E-state index contributed by atoms with van der Waals surface area (Å²) in [6.45, 7) is 8.06. The molecule has 0 atom stereocenters. The third kappa shape index (κ3) is 4.70. The summed E-state index contributed by atoms with van der Waals surface area (Å²) in [5, 5.41) is 4.87. The molecule has 1 aromatic carbocycles. The summed E-state index contributed by atoms with van der Waals surface area (Å²) in [5.74, 6) is 1.24. The van der Waals surface area contributed by atoms with Gasteiger partial charge in [-0.15, -0.1) is 0 Å². The fourth-order valence-electron chi connectivity index (χ4n) is 2.13. The van der Waals surface area contributed by atoms with Crippen LogP contribution in [0.3, 0.4) is 0 Å². The maximum absolute atomic E-state index is 12.0. The van der Waals surface area contributed by atoms with E-state index in [4.69, 9.17) is 0 Å². The number of nitrogens with zero attached hydrogens (tertiary/aromatic N) is 2. The van der Waals surface area contributed by atoms with Crippen molar-refractivity contribution in [1.82, 2.24) is 15.3 Å². The van der Waals surface area contributed by atoms with Gasteiger partial charge in [0.25, 0.3) is 0 Å². The number of carbonyl (C=O) groups excluding carboxylic acids is 1. The molecule has 2 aromatic rings. The Morgan fingerprint density at radius 1 is 1.23 bits per heavy atom. The van der Waals surface area contributed by atoms with Crippen LogP contribution in [0.25, 0.3) is 10.9 Å². The Morgan fingerprint density at radius 2 is 1.95 bits per heavy atom. The number of aryl methyl sites for hydroxylation is 1. The number of rotatable bonds is 5. The molecule has 22 heavy (non-hydrogen) atoms. The summed E-state index contributed by atoms with van der Waals surface area (Å²) < 4.78 is 0. The SMILES string of the molecule is CCCc1nc(SCC(=O)NC(C)(C)C)c2ccccc2n1. The normalized spacial score (nSPS) is 11.6. The van der Waals surface area contributed by atoms with E-state index in [1.807, 2.05) is 45.0 Å². The highest BCUT2D eigenvalue weighted by molar-refractivity contribution is 8.00. The number of amides is 1. The van der Waals surface area contributed by atoms with Crippen LogP contribution in [0.1, 0.15) is 39.9 Å². The molecule has 0 aliphatic carbocycles. The minimum absolute atomic E-state index is 0.0252. The van der Waals surface area contributed by atoms with Crippen molar-refractivity contribution in [3.05, 3.63) is 30.1 Å². The van der Waals surface area contributed by atoms with Gasteiger partial charge in [-0.3, -0.25) is 4.79 Å². The predicted molar refractivity (Wildman–Crippen MR) is 92.2 cm³/mol. The van der Waals surface area contributed by atoms with Gasteiger partial charge >= 0.3 is 0 Å². The number of nitrogens with one attached hydrogen (secondary N) is 1. The highest BCUT2D eigenvalue weighted by Gasteiger charge is 2.15. The van der Waals surface area contributed by atoms with Crippen molar-refractivity contribution in [1.29, 1.82) is 0 Å². The summed E-state index contributed by atoms with van der Waals surface area (Å²) in [5.41, 5.74) is 0.735. The van der Waals surface area contributed by atoms with Gasteiger partial charge in [0.1, 0.15) is 10.9 Å². The molecule has 0 fully saturated rings. The topological polar surface area (TPSA) is 54.9 Å². The summed E-state index contributed by atoms with van der Waals surface area (Å²) in [6.07, 6.45) is 1.86. The lowest BCUT2D eigenvalue weighted by Crippen LogP contribution is -2.41. The van der Waals surface area contributed by atoms with Crippen molar-refractivity contribution in [2.75, 3.05) is 5.75 Å². The van der Waals surface area contributed by atoms with Gasteiger partial charge in [-0.25, -0.2) is 9.97 Å². The third-order valence-corrected chi connectivity index (χ3v) is 3.93. The van der Waals surface area contributed by atoms with Crippen molar-refractivity contribution in [3.8, 4) is 0 Å². The van der Waals surface area contributed by atoms with Crippen LogP contribution >= 0.6 is 11.8 Å². The Hall–Kier alpha value is -1.62. The molecule has 0 bridgehead atoms. The standard InChI is InChI=1S/C17H23N3OS/c1-5-8-14-18-13-10-7-6-9-12(13)16(19-14)22-11-15(21)20-17(2,3)4/h6-7,9-10H,5,8,11H2,1-4H3,(H,20,21). The molecule has 1 aromatic heterocycles. The highest BCUT2D eigenvalue weighted by atomic mass is 32.2. The molecule has 0 aliphatic rings. The minimum atomic E-state index is -0.210. The third-order valence-electron chi connectivity index (χ3n) is 2.94. The van der Waals surface area contributed by atoms with Gasteiger partial charge < -0.3 is 5.32 Å². The van der Waals surface area contributed by atoms with E-state index in [2.05, 4.69) is 22.2 Å². The monoisotopic (exact) mass is 317 g/mol. The van der Waals surface area contributed by atoms with Crippen LogP contribution in [0.5, 0.6) is 0 Å². The number of thioether (sulfide) groups is 1. The first-order valence-electron chi connectivity index (χ1n) is 7.58. The second-order valence-corrected chi connectivity index (χ2v) is 7.26. The minimum Gasteiger partial charge on any atom is -0.351 e. The second-order valence-electron chi connectivity index (χ2n) is 6.30. The molecule has 0 radical (unpaired) electrons. The van der Waals surface area contributed by atoms with Crippen LogP contribution in [0.15, 0.2) is 29.3 Å². The van der Waals surface area contributed by atoms with Crippen molar-refractivity contribution in [3.63, 3.8) is 0 Å². The maximum atomic E-state index is 12.0. The first-order valence-corrected chi connectivity index (χ1v) is 8.57. The zero-order valence-corrected chi connectivity index (χ0v) is 14.5. The molecule has 1 heterocycles. The van der Waals surface area contributed by atoms with Crippen LogP contribution in [-0.4, -0.2) is 27.2 Å². The van der Waals surface area contributed by atoms with Gasteiger partial charge in [-0.1, -0.05) is 36.9 Å². The summed E-state index contributed by atoms with van der Waals surface area (Å²) in [7, 11) is 0. The largest absolute Gasteiger partial charge is 0.351 e. The molecule has 0 spiro atoms. The van der Waals surface area contributed by atoms with Crippen LogP contribution < -0.4 is 5.32 Å². The molecule has 0 saturated carbocycles. The van der Waals surface area contributed by atoms with Gasteiger partial charge in [-0.05, 0) is 33.3 Å². The summed E-state index contributed by atoms with van der Waals surface area (Å²) in [4.78, 5) is 21.2. The molecule has 0 aliphatic heterocycles. The van der Waals surface area contributed by atoms with Crippen molar-refractivity contribution >= 4 is 28.6 Å². The number of fused-ring (bicyclic) bond motifs is 1. The zero-order valence-electron chi connectivity index (χ0n) is 13.6. The number of hydrogen-bond donors (Lipinski definition) is 1. The zero-order chi connectivity index (χ0) is 16.2. The summed E-state index contributed by atoms with van der Waals surface area (Å²) >= 11 is 1.48. The number of para-hydroxylation sites is 1. The van der Waals surface area contributed by atoms with Crippen molar-refractivity contribution in [2.24, 2.45) is 0 Å². The van der Waals surface area contributed by atoms with Crippen LogP contribution in [-0.2, 0) is 11.2 Å². The highest BCUT2D eigenvalue weighted by Crippen LogP contribution is 2.25. The van der Waals surface area contributed by atoms with E-state index >= 15 is 0 Å². The number of benzene rings is 1. The number of aromatic nitrogens is 2. The van der Waals surface area contributed by atoms with Gasteiger partial charge in [0.15, 0.2) is 0 Å². The summed E-state index contributed by atoms with van der Waals surface area (Å²) in [6, 6.07) is 7.96. The predicted octanol–water partition coefficient (Wildman–Crippen LogP) is 3.59. The van der Waals surface area contributed by atoms with Crippen LogP contribution in [0.2, 0.25) is 0 Å². The Labute approximate surface area is 136 Å². The van der Waals surface area contributed by atoms with E-state index in [-0.39, 0.29) is 11.4 Å². The molecule has 0 saturated heterocycles. The molecule has 118 valence electrons. The lowest BCUT2D eigenvalue weighted by molar-refractivity contribution is -0.119. The first kappa shape index (κ1) is 16.7. The average Bonchev–Trinajstić information content (AvgIpc) is 2.43. The van der Waals surface area contributed by atoms with E-state index in [1.54, 1.807) is 0 Å². The van der Waals surface area contributed by atoms with Crippen LogP contribution in [0.4, 0.5) is 0 Å². The Kier molecular flexibility index (Phi) is 5.40. The maximum Gasteiger partial charge on any atom is 0.230 e. The van der Waals surface area contributed by atoms with E-state index in [9.17, 15) is 4.79 Å². The molecule has 1 amide bonds. The Morgan fingerprint density at radius 3 is 2.64 bits per heavy atom. The Bertz CT molecular complexity index is 664. The molecular formula is C17H23N3OS. The molecule has 5 heteroatoms. The molecule has 1 N–H and O–H groups in total. The van der Waals surface area contributed by atoms with E-state index < -0.39 is 0 Å². The quantitative estimate of drug-likeness (QED) is 0.676. The molecule has 4 nitrogen and oxygen atoms in total. The van der Waals surface area contributed by atoms with E-state index in [1.165, 1.54) is 11.8 Å². The molecule has 2 rings (SSSR count). The smallest absolute Gasteiger partial charge is 0.230 e. The second kappa shape index (κ2) is 7.09. The fraction of sp³-hybridized carbons (Fsp3) is 0.471. The van der Waals surface area contributed by atoms with Gasteiger partial charge in [-0.2, -0.15) is 0 Å². The lowest BCUT2D eigenvalue weighted by Gasteiger charge is -2.20.